The number of para-hydroxylation sites is 3. The topological polar surface area (TPSA) is 35.6 Å². The Kier molecular flexibility index (Phi) is 7.47. The Labute approximate surface area is 250 Å². The van der Waals surface area contributed by atoms with Crippen LogP contribution in [0.5, 0.6) is 0 Å². The van der Waals surface area contributed by atoms with E-state index in [2.05, 4.69) is 130 Å². The summed E-state index contributed by atoms with van der Waals surface area (Å²) in [6, 6.07) is 34.1. The number of allylic oxidation sites excluding steroid dienone is 2. The summed E-state index contributed by atoms with van der Waals surface area (Å²) < 4.78 is 4.65. The monoisotopic (exact) mass is 566 g/mol. The van der Waals surface area contributed by atoms with E-state index in [1.54, 1.807) is 6.20 Å². The first-order valence-electron chi connectivity index (χ1n) is 14.2. The second-order valence-electron chi connectivity index (χ2n) is 9.78. The molecule has 206 valence electrons. The first-order valence-corrected chi connectivity index (χ1v) is 14.5. The third kappa shape index (κ3) is 4.60. The fourth-order valence-electron chi connectivity index (χ4n) is 5.76. The van der Waals surface area contributed by atoms with Gasteiger partial charge in [-0.25, -0.2) is 9.97 Å². The minimum atomic E-state index is 0.221. The van der Waals surface area contributed by atoms with E-state index in [4.69, 9.17) is 11.6 Å². The average molecular weight is 567 g/mol. The van der Waals surface area contributed by atoms with E-state index in [9.17, 15) is 0 Å². The van der Waals surface area contributed by atoms with Gasteiger partial charge in [0.15, 0.2) is 0 Å². The van der Waals surface area contributed by atoms with Crippen molar-refractivity contribution < 1.29 is 0 Å². The summed E-state index contributed by atoms with van der Waals surface area (Å²) >= 11 is 6.26. The van der Waals surface area contributed by atoms with Crippen LogP contribution in [0.4, 0.5) is 0 Å². The lowest BCUT2D eigenvalue weighted by atomic mass is 10.1. The zero-order valence-corrected chi connectivity index (χ0v) is 24.7. The third-order valence-corrected chi connectivity index (χ3v) is 7.67. The van der Waals surface area contributed by atoms with Crippen LogP contribution < -0.4 is 0 Å². The van der Waals surface area contributed by atoms with Crippen molar-refractivity contribution in [3.05, 3.63) is 139 Å². The molecule has 3 heterocycles. The second kappa shape index (κ2) is 11.5. The lowest BCUT2D eigenvalue weighted by Crippen LogP contribution is -2.02. The maximum Gasteiger partial charge on any atom is 0.222 e. The van der Waals surface area contributed by atoms with Gasteiger partial charge in [0.1, 0.15) is 0 Å². The maximum atomic E-state index is 6.26. The number of aryl methyl sites for hydroxylation is 1. The molecule has 0 spiro atoms. The van der Waals surface area contributed by atoms with Gasteiger partial charge in [-0.2, -0.15) is 0 Å². The standard InChI is InChI=1S/C35H25ClN4.C2H6/c1-3-4-14-31-23(2)27-11-5-8-15-32(27)39(31)25-20-24(30-18-19-37-35(36)38-30)21-26(22-25)40-33-16-9-6-12-28(33)29-13-7-10-17-34(29)40;1-2/h3-22H,1H2,2H3;1-2H3/b14-4-;. The van der Waals surface area contributed by atoms with Gasteiger partial charge in [-0.05, 0) is 72.6 Å². The molecule has 3 aromatic heterocycles. The predicted molar refractivity (Wildman–Crippen MR) is 179 cm³/mol. The average Bonchev–Trinajstić information content (AvgIpc) is 3.52. The Morgan fingerprint density at radius 2 is 1.26 bits per heavy atom. The number of fused-ring (bicyclic) bond motifs is 4. The lowest BCUT2D eigenvalue weighted by Gasteiger charge is -2.16. The van der Waals surface area contributed by atoms with Crippen molar-refractivity contribution in [2.75, 3.05) is 0 Å². The van der Waals surface area contributed by atoms with Crippen molar-refractivity contribution in [2.45, 2.75) is 20.8 Å². The Balaban J connectivity index is 0.00000155. The smallest absolute Gasteiger partial charge is 0.222 e. The van der Waals surface area contributed by atoms with Gasteiger partial charge < -0.3 is 9.13 Å². The molecular formula is C37H31ClN4. The Bertz CT molecular complexity index is 2060. The van der Waals surface area contributed by atoms with Gasteiger partial charge in [-0.15, -0.1) is 0 Å². The molecule has 0 radical (unpaired) electrons. The maximum absolute atomic E-state index is 6.26. The van der Waals surface area contributed by atoms with Crippen LogP contribution >= 0.6 is 11.6 Å². The van der Waals surface area contributed by atoms with E-state index in [1.807, 2.05) is 32.1 Å². The van der Waals surface area contributed by atoms with Gasteiger partial charge in [0.25, 0.3) is 0 Å². The molecule has 0 fully saturated rings. The Morgan fingerprint density at radius 1 is 0.714 bits per heavy atom. The molecule has 42 heavy (non-hydrogen) atoms. The number of nitrogens with zero attached hydrogens (tertiary/aromatic N) is 4. The molecule has 0 saturated carbocycles. The zero-order chi connectivity index (χ0) is 29.2. The van der Waals surface area contributed by atoms with E-state index in [-0.39, 0.29) is 5.28 Å². The summed E-state index contributed by atoms with van der Waals surface area (Å²) in [6.45, 7) is 10.1. The van der Waals surface area contributed by atoms with Crippen molar-refractivity contribution in [2.24, 2.45) is 0 Å². The molecule has 0 aliphatic rings. The highest BCUT2D eigenvalue weighted by molar-refractivity contribution is 6.28. The normalized spacial score (nSPS) is 11.3. The van der Waals surface area contributed by atoms with E-state index in [1.165, 1.54) is 21.7 Å². The molecule has 0 bridgehead atoms. The van der Waals surface area contributed by atoms with Crippen LogP contribution in [0.2, 0.25) is 5.28 Å². The van der Waals surface area contributed by atoms with Gasteiger partial charge >= 0.3 is 0 Å². The van der Waals surface area contributed by atoms with Gasteiger partial charge in [0.2, 0.25) is 5.28 Å². The summed E-state index contributed by atoms with van der Waals surface area (Å²) in [5, 5.41) is 3.86. The van der Waals surface area contributed by atoms with Gasteiger partial charge in [0, 0.05) is 45.0 Å². The summed E-state index contributed by atoms with van der Waals surface area (Å²) in [6.07, 6.45) is 7.62. The highest BCUT2D eigenvalue weighted by atomic mass is 35.5. The number of halogens is 1. The first-order chi connectivity index (χ1) is 20.6. The molecule has 0 aliphatic heterocycles. The molecule has 0 aliphatic carbocycles. The summed E-state index contributed by atoms with van der Waals surface area (Å²) in [7, 11) is 0. The van der Waals surface area contributed by atoms with Crippen molar-refractivity contribution >= 4 is 50.4 Å². The van der Waals surface area contributed by atoms with Crippen molar-refractivity contribution in [1.82, 2.24) is 19.1 Å². The van der Waals surface area contributed by atoms with Crippen LogP contribution in [0.25, 0.3) is 61.4 Å². The zero-order valence-electron chi connectivity index (χ0n) is 23.9. The van der Waals surface area contributed by atoms with Crippen LogP contribution in [0.15, 0.2) is 122 Å². The fraction of sp³-hybridized carbons (Fsp3) is 0.0811. The van der Waals surface area contributed by atoms with Crippen LogP contribution in [0.3, 0.4) is 0 Å². The van der Waals surface area contributed by atoms with Crippen molar-refractivity contribution in [3.8, 4) is 22.6 Å². The molecule has 0 saturated heterocycles. The van der Waals surface area contributed by atoms with E-state index in [0.29, 0.717) is 0 Å². The Morgan fingerprint density at radius 3 is 1.86 bits per heavy atom. The van der Waals surface area contributed by atoms with Crippen LogP contribution in [0.1, 0.15) is 25.1 Å². The second-order valence-corrected chi connectivity index (χ2v) is 10.1. The molecule has 0 N–H and O–H groups in total. The molecule has 4 aromatic carbocycles. The number of hydrogen-bond donors (Lipinski definition) is 0. The van der Waals surface area contributed by atoms with Crippen LogP contribution in [-0.2, 0) is 0 Å². The van der Waals surface area contributed by atoms with Crippen LogP contribution in [0, 0.1) is 6.92 Å². The van der Waals surface area contributed by atoms with Crippen molar-refractivity contribution in [1.29, 1.82) is 0 Å². The molecule has 4 nitrogen and oxygen atoms in total. The van der Waals surface area contributed by atoms with E-state index in [0.717, 1.165) is 44.9 Å². The molecule has 7 rings (SSSR count). The molecule has 0 amide bonds. The number of hydrogen-bond acceptors (Lipinski definition) is 2. The van der Waals surface area contributed by atoms with Gasteiger partial charge in [0.05, 0.1) is 22.2 Å². The Hall–Kier alpha value is -4.93. The summed E-state index contributed by atoms with van der Waals surface area (Å²) in [5.74, 6) is 0. The lowest BCUT2D eigenvalue weighted by molar-refractivity contribution is 1.08. The molecular weight excluding hydrogens is 536 g/mol. The SMILES string of the molecule is C=C/C=C\c1c(C)c2ccccc2n1-c1cc(-c2ccnc(Cl)n2)cc(-n2c3ccccc3c3ccccc32)c1.CC. The predicted octanol–water partition coefficient (Wildman–Crippen LogP) is 10.4. The fourth-order valence-corrected chi connectivity index (χ4v) is 5.90. The van der Waals surface area contributed by atoms with Gasteiger partial charge in [-0.3, -0.25) is 0 Å². The molecule has 5 heteroatoms. The number of rotatable bonds is 5. The van der Waals surface area contributed by atoms with E-state index < -0.39 is 0 Å². The third-order valence-electron chi connectivity index (χ3n) is 7.49. The number of benzene rings is 4. The van der Waals surface area contributed by atoms with E-state index >= 15 is 0 Å². The quantitative estimate of drug-likeness (QED) is 0.153. The highest BCUT2D eigenvalue weighted by Gasteiger charge is 2.18. The molecule has 0 unspecified atom stereocenters. The summed E-state index contributed by atoms with van der Waals surface area (Å²) in [4.78, 5) is 8.69. The minimum absolute atomic E-state index is 0.221. The molecule has 0 atom stereocenters. The van der Waals surface area contributed by atoms with Crippen LogP contribution in [-0.4, -0.2) is 19.1 Å². The minimum Gasteiger partial charge on any atom is -0.309 e. The number of aromatic nitrogens is 4. The first kappa shape index (κ1) is 27.3. The summed E-state index contributed by atoms with van der Waals surface area (Å²) in [5.41, 5.74) is 9.52. The highest BCUT2D eigenvalue weighted by Crippen LogP contribution is 2.36. The van der Waals surface area contributed by atoms with Gasteiger partial charge in [-0.1, -0.05) is 87.2 Å². The van der Waals surface area contributed by atoms with Crippen molar-refractivity contribution in [3.63, 3.8) is 0 Å². The largest absolute Gasteiger partial charge is 0.309 e. The molecule has 7 aromatic rings.